The first-order chi connectivity index (χ1) is 11.4. The Hall–Kier alpha value is -2.53. The van der Waals surface area contributed by atoms with Gasteiger partial charge in [-0.1, -0.05) is 23.7 Å². The molecule has 0 fully saturated rings. The molecule has 0 unspecified atom stereocenters. The highest BCUT2D eigenvalue weighted by Gasteiger charge is 2.13. The standard InChI is InChI=1S/C18H19ClN2O3/c1-12(2)24-16-9-3-13(4-10-16)11-20-17(22)18(23)21-15-7-5-14(19)6-8-15/h3-10,12H,11H2,1-2H3,(H,20,22)(H,21,23). The van der Waals surface area contributed by atoms with Crippen molar-refractivity contribution in [3.8, 4) is 5.75 Å². The zero-order valence-corrected chi connectivity index (χ0v) is 14.3. The van der Waals surface area contributed by atoms with E-state index in [1.54, 1.807) is 24.3 Å². The van der Waals surface area contributed by atoms with Crippen molar-refractivity contribution < 1.29 is 14.3 Å². The zero-order chi connectivity index (χ0) is 17.5. The van der Waals surface area contributed by atoms with E-state index in [1.807, 2.05) is 38.1 Å². The van der Waals surface area contributed by atoms with Gasteiger partial charge < -0.3 is 15.4 Å². The number of hydrogen-bond acceptors (Lipinski definition) is 3. The molecule has 0 aliphatic rings. The fourth-order valence-corrected chi connectivity index (χ4v) is 2.07. The number of carbonyl (C=O) groups excluding carboxylic acids is 2. The number of anilines is 1. The number of nitrogens with one attached hydrogen (secondary N) is 2. The second-order valence-electron chi connectivity index (χ2n) is 5.45. The third-order valence-electron chi connectivity index (χ3n) is 3.06. The minimum Gasteiger partial charge on any atom is -0.491 e. The number of halogens is 1. The van der Waals surface area contributed by atoms with E-state index >= 15 is 0 Å². The van der Waals surface area contributed by atoms with Gasteiger partial charge in [0.15, 0.2) is 0 Å². The van der Waals surface area contributed by atoms with Crippen LogP contribution in [0, 0.1) is 0 Å². The topological polar surface area (TPSA) is 67.4 Å². The molecule has 5 nitrogen and oxygen atoms in total. The Balaban J connectivity index is 1.83. The molecule has 2 N–H and O–H groups in total. The van der Waals surface area contributed by atoms with Gasteiger partial charge >= 0.3 is 11.8 Å². The number of carbonyl (C=O) groups is 2. The minimum absolute atomic E-state index is 0.104. The lowest BCUT2D eigenvalue weighted by molar-refractivity contribution is -0.136. The van der Waals surface area contributed by atoms with Gasteiger partial charge in [0.2, 0.25) is 0 Å². The predicted octanol–water partition coefficient (Wildman–Crippen LogP) is 3.38. The van der Waals surface area contributed by atoms with Crippen molar-refractivity contribution in [2.24, 2.45) is 0 Å². The Morgan fingerprint density at radius 3 is 2.21 bits per heavy atom. The predicted molar refractivity (Wildman–Crippen MR) is 94.1 cm³/mol. The lowest BCUT2D eigenvalue weighted by Gasteiger charge is -2.10. The van der Waals surface area contributed by atoms with Gasteiger partial charge in [-0.2, -0.15) is 0 Å². The molecule has 0 saturated heterocycles. The SMILES string of the molecule is CC(C)Oc1ccc(CNC(=O)C(=O)Nc2ccc(Cl)cc2)cc1. The Morgan fingerprint density at radius 2 is 1.62 bits per heavy atom. The van der Waals surface area contributed by atoms with E-state index < -0.39 is 11.8 Å². The van der Waals surface area contributed by atoms with E-state index in [9.17, 15) is 9.59 Å². The Labute approximate surface area is 146 Å². The molecule has 2 rings (SSSR count). The summed E-state index contributed by atoms with van der Waals surface area (Å²) in [6.07, 6.45) is 0.104. The van der Waals surface area contributed by atoms with Gasteiger partial charge in [0, 0.05) is 17.3 Å². The van der Waals surface area contributed by atoms with Crippen molar-refractivity contribution in [3.05, 3.63) is 59.1 Å². The lowest BCUT2D eigenvalue weighted by atomic mass is 10.2. The monoisotopic (exact) mass is 346 g/mol. The Kier molecular flexibility index (Phi) is 6.21. The highest BCUT2D eigenvalue weighted by atomic mass is 35.5. The van der Waals surface area contributed by atoms with Gasteiger partial charge in [-0.05, 0) is 55.8 Å². The maximum Gasteiger partial charge on any atom is 0.313 e. The summed E-state index contributed by atoms with van der Waals surface area (Å²) in [5, 5.41) is 5.64. The lowest BCUT2D eigenvalue weighted by Crippen LogP contribution is -2.34. The normalized spacial score (nSPS) is 10.3. The van der Waals surface area contributed by atoms with Gasteiger partial charge in [0.1, 0.15) is 5.75 Å². The van der Waals surface area contributed by atoms with Crippen LogP contribution in [0.25, 0.3) is 0 Å². The quantitative estimate of drug-likeness (QED) is 0.815. The van der Waals surface area contributed by atoms with Gasteiger partial charge in [0.05, 0.1) is 6.10 Å². The number of benzene rings is 2. The molecule has 0 radical (unpaired) electrons. The fourth-order valence-electron chi connectivity index (χ4n) is 1.94. The fraction of sp³-hybridized carbons (Fsp3) is 0.222. The molecule has 24 heavy (non-hydrogen) atoms. The molecule has 2 aromatic rings. The molecular weight excluding hydrogens is 328 g/mol. The van der Waals surface area contributed by atoms with Crippen LogP contribution in [0.15, 0.2) is 48.5 Å². The summed E-state index contributed by atoms with van der Waals surface area (Å²) in [4.78, 5) is 23.6. The van der Waals surface area contributed by atoms with Crippen molar-refractivity contribution in [1.82, 2.24) is 5.32 Å². The van der Waals surface area contributed by atoms with E-state index in [0.717, 1.165) is 11.3 Å². The molecule has 6 heteroatoms. The summed E-state index contributed by atoms with van der Waals surface area (Å²) in [7, 11) is 0. The first-order valence-corrected chi connectivity index (χ1v) is 7.92. The molecule has 0 bridgehead atoms. The van der Waals surface area contributed by atoms with Crippen LogP contribution in [0.2, 0.25) is 5.02 Å². The molecule has 126 valence electrons. The smallest absolute Gasteiger partial charge is 0.313 e. The zero-order valence-electron chi connectivity index (χ0n) is 13.5. The van der Waals surface area contributed by atoms with E-state index in [2.05, 4.69) is 10.6 Å². The highest BCUT2D eigenvalue weighted by Crippen LogP contribution is 2.14. The molecule has 0 aliphatic carbocycles. The van der Waals surface area contributed by atoms with Crippen LogP contribution in [0.3, 0.4) is 0 Å². The minimum atomic E-state index is -0.725. The molecule has 2 aromatic carbocycles. The molecular formula is C18H19ClN2O3. The first kappa shape index (κ1) is 17.8. The van der Waals surface area contributed by atoms with E-state index in [1.165, 1.54) is 0 Å². The number of ether oxygens (including phenoxy) is 1. The average Bonchev–Trinajstić information content (AvgIpc) is 2.55. The van der Waals surface area contributed by atoms with Crippen molar-refractivity contribution >= 4 is 29.1 Å². The van der Waals surface area contributed by atoms with Crippen molar-refractivity contribution in [1.29, 1.82) is 0 Å². The van der Waals surface area contributed by atoms with Crippen LogP contribution in [0.1, 0.15) is 19.4 Å². The van der Waals surface area contributed by atoms with E-state index in [0.29, 0.717) is 10.7 Å². The van der Waals surface area contributed by atoms with Crippen LogP contribution >= 0.6 is 11.6 Å². The van der Waals surface area contributed by atoms with Crippen LogP contribution in [-0.4, -0.2) is 17.9 Å². The Morgan fingerprint density at radius 1 is 1.00 bits per heavy atom. The Bertz CT molecular complexity index is 697. The van der Waals surface area contributed by atoms with Crippen LogP contribution in [0.5, 0.6) is 5.75 Å². The number of rotatable bonds is 5. The second kappa shape index (κ2) is 8.36. The van der Waals surface area contributed by atoms with Crippen LogP contribution in [0.4, 0.5) is 5.69 Å². The van der Waals surface area contributed by atoms with Crippen LogP contribution < -0.4 is 15.4 Å². The van der Waals surface area contributed by atoms with E-state index in [4.69, 9.17) is 16.3 Å². The molecule has 0 atom stereocenters. The second-order valence-corrected chi connectivity index (χ2v) is 5.89. The van der Waals surface area contributed by atoms with Gasteiger partial charge in [0.25, 0.3) is 0 Å². The number of amides is 2. The van der Waals surface area contributed by atoms with Crippen molar-refractivity contribution in [2.75, 3.05) is 5.32 Å². The first-order valence-electron chi connectivity index (χ1n) is 7.54. The average molecular weight is 347 g/mol. The molecule has 0 spiro atoms. The van der Waals surface area contributed by atoms with E-state index in [-0.39, 0.29) is 12.6 Å². The molecule has 2 amide bonds. The maximum atomic E-state index is 11.8. The van der Waals surface area contributed by atoms with Gasteiger partial charge in [-0.25, -0.2) is 0 Å². The summed E-state index contributed by atoms with van der Waals surface area (Å²) < 4.78 is 5.55. The highest BCUT2D eigenvalue weighted by molar-refractivity contribution is 6.39. The molecule has 0 aromatic heterocycles. The number of hydrogen-bond donors (Lipinski definition) is 2. The third kappa shape index (κ3) is 5.59. The van der Waals surface area contributed by atoms with Crippen molar-refractivity contribution in [2.45, 2.75) is 26.5 Å². The largest absolute Gasteiger partial charge is 0.491 e. The van der Waals surface area contributed by atoms with Crippen LogP contribution in [-0.2, 0) is 16.1 Å². The summed E-state index contributed by atoms with van der Waals surface area (Å²) in [6.45, 7) is 4.16. The summed E-state index contributed by atoms with van der Waals surface area (Å²) >= 11 is 5.77. The molecule has 0 saturated carbocycles. The summed E-state index contributed by atoms with van der Waals surface area (Å²) in [5.41, 5.74) is 1.38. The van der Waals surface area contributed by atoms with Gasteiger partial charge in [-0.3, -0.25) is 9.59 Å². The maximum absolute atomic E-state index is 11.8. The molecule has 0 heterocycles. The summed E-state index contributed by atoms with van der Waals surface area (Å²) in [5.74, 6) is -0.662. The third-order valence-corrected chi connectivity index (χ3v) is 3.31. The van der Waals surface area contributed by atoms with Gasteiger partial charge in [-0.15, -0.1) is 0 Å². The van der Waals surface area contributed by atoms with Crippen molar-refractivity contribution in [3.63, 3.8) is 0 Å². The summed E-state index contributed by atoms with van der Waals surface area (Å²) in [6, 6.07) is 13.9. The molecule has 0 aliphatic heterocycles.